The number of halogens is 10. The summed E-state index contributed by atoms with van der Waals surface area (Å²) in [6.45, 7) is 3.54. The molecule has 0 aromatic heterocycles. The molecule has 0 heterocycles. The third-order valence-electron chi connectivity index (χ3n) is 6.01. The molecule has 228 valence electrons. The molecule has 4 rings (SSSR count). The van der Waals surface area contributed by atoms with Crippen LogP contribution in [-0.4, -0.2) is 6.36 Å². The maximum absolute atomic E-state index is 14.9. The van der Waals surface area contributed by atoms with E-state index >= 15 is 0 Å². The number of rotatable bonds is 8. The number of ether oxygens (including phenoxy) is 2. The molecule has 0 spiro atoms. The van der Waals surface area contributed by atoms with Crippen molar-refractivity contribution in [3.8, 4) is 34.5 Å². The summed E-state index contributed by atoms with van der Waals surface area (Å²) < 4.78 is 146. The lowest BCUT2D eigenvalue weighted by Crippen LogP contribution is -2.23. The number of hydrogen-bond acceptors (Lipinski definition) is 2. The minimum absolute atomic E-state index is 0.0456. The van der Waals surface area contributed by atoms with E-state index in [0.29, 0.717) is 36.6 Å². The van der Waals surface area contributed by atoms with E-state index in [2.05, 4.69) is 27.9 Å². The smallest absolute Gasteiger partial charge is 0.429 e. The first kappa shape index (κ1) is 32.0. The van der Waals surface area contributed by atoms with Crippen LogP contribution in [0.5, 0.6) is 11.5 Å². The minimum atomic E-state index is -5.34. The average molecular weight is 624 g/mol. The zero-order chi connectivity index (χ0) is 32.2. The normalized spacial score (nSPS) is 11.5. The molecule has 0 amide bonds. The van der Waals surface area contributed by atoms with Crippen molar-refractivity contribution in [1.29, 1.82) is 0 Å². The van der Waals surface area contributed by atoms with Gasteiger partial charge in [0.1, 0.15) is 23.2 Å². The predicted octanol–water partition coefficient (Wildman–Crippen LogP) is 9.59. The molecule has 0 aliphatic carbocycles. The van der Waals surface area contributed by atoms with Crippen LogP contribution in [0.1, 0.15) is 28.7 Å². The van der Waals surface area contributed by atoms with Gasteiger partial charge in [-0.3, -0.25) is 0 Å². The van der Waals surface area contributed by atoms with E-state index in [0.717, 1.165) is 36.4 Å². The molecule has 0 fully saturated rings. The molecule has 0 saturated carbocycles. The van der Waals surface area contributed by atoms with Crippen molar-refractivity contribution in [2.75, 3.05) is 0 Å². The topological polar surface area (TPSA) is 18.5 Å². The zero-order valence-electron chi connectivity index (χ0n) is 22.1. The first-order valence-corrected chi connectivity index (χ1v) is 12.5. The van der Waals surface area contributed by atoms with Crippen molar-refractivity contribution in [3.63, 3.8) is 0 Å². The van der Waals surface area contributed by atoms with E-state index in [1.807, 2.05) is 0 Å². The lowest BCUT2D eigenvalue weighted by atomic mass is 10.0. The highest BCUT2D eigenvalue weighted by molar-refractivity contribution is 5.66. The van der Waals surface area contributed by atoms with Crippen molar-refractivity contribution < 1.29 is 53.4 Å². The third kappa shape index (κ3) is 7.72. The minimum Gasteiger partial charge on any atom is -0.429 e. The van der Waals surface area contributed by atoms with Crippen LogP contribution in [-0.2, 0) is 12.5 Å². The van der Waals surface area contributed by atoms with Gasteiger partial charge in [0.25, 0.3) is 0 Å². The largest absolute Gasteiger partial charge is 0.573 e. The SMILES string of the molecule is C=CCCc1ccc(C(F)(F)Oc2ccc(-c3ccc(C#Cc4cc(F)c(OC(F)(F)F)c(F)c4)c(F)c3)c(F)c2)c(F)c1. The fraction of sp³-hybridized carbons (Fsp3) is 0.125. The van der Waals surface area contributed by atoms with Crippen LogP contribution in [0.3, 0.4) is 0 Å². The number of aryl methyl sites for hydroxylation is 1. The van der Waals surface area contributed by atoms with Gasteiger partial charge < -0.3 is 9.47 Å². The Balaban J connectivity index is 1.51. The Bertz CT molecular complexity index is 1740. The van der Waals surface area contributed by atoms with E-state index in [4.69, 9.17) is 0 Å². The van der Waals surface area contributed by atoms with Gasteiger partial charge in [0.15, 0.2) is 11.6 Å². The summed E-state index contributed by atoms with van der Waals surface area (Å²) in [5.41, 5.74) is -1.60. The number of allylic oxidation sites excluding steroid dienone is 1. The van der Waals surface area contributed by atoms with Crippen LogP contribution >= 0.6 is 0 Å². The second-order valence-corrected chi connectivity index (χ2v) is 9.16. The van der Waals surface area contributed by atoms with Crippen LogP contribution in [0.15, 0.2) is 79.4 Å². The molecule has 0 N–H and O–H groups in total. The van der Waals surface area contributed by atoms with Crippen molar-refractivity contribution in [1.82, 2.24) is 0 Å². The summed E-state index contributed by atoms with van der Waals surface area (Å²) in [5.74, 6) is -4.53. The van der Waals surface area contributed by atoms with Gasteiger partial charge >= 0.3 is 12.5 Å². The number of hydrogen-bond donors (Lipinski definition) is 0. The van der Waals surface area contributed by atoms with Gasteiger partial charge in [-0.1, -0.05) is 30.0 Å². The van der Waals surface area contributed by atoms with Crippen LogP contribution in [0.4, 0.5) is 43.9 Å². The Kier molecular flexibility index (Phi) is 9.27. The molecule has 0 bridgehead atoms. The standard InChI is InChI=1S/C32H18F10O2/c1-2-3-4-18-6-12-24(27(35)13-18)31(38,39)43-22-10-11-23(26(34)17-22)21-9-8-20(25(33)16-21)7-5-19-14-28(36)30(29(37)15-19)44-32(40,41)42/h2,6,8-17H,1,3-4H2. The molecule has 0 aliphatic heterocycles. The van der Waals surface area contributed by atoms with E-state index < -0.39 is 64.2 Å². The van der Waals surface area contributed by atoms with Crippen LogP contribution in [0.2, 0.25) is 0 Å². The lowest BCUT2D eigenvalue weighted by molar-refractivity contribution is -0.276. The molecular weight excluding hydrogens is 606 g/mol. The summed E-state index contributed by atoms with van der Waals surface area (Å²) in [7, 11) is 0. The molecule has 4 aromatic rings. The van der Waals surface area contributed by atoms with Crippen molar-refractivity contribution >= 4 is 0 Å². The maximum Gasteiger partial charge on any atom is 0.573 e. The molecule has 0 radical (unpaired) electrons. The predicted molar refractivity (Wildman–Crippen MR) is 140 cm³/mol. The maximum atomic E-state index is 14.9. The first-order valence-electron chi connectivity index (χ1n) is 12.5. The van der Waals surface area contributed by atoms with Crippen molar-refractivity contribution in [2.45, 2.75) is 25.3 Å². The molecule has 12 heteroatoms. The van der Waals surface area contributed by atoms with Gasteiger partial charge in [-0.2, -0.15) is 8.78 Å². The third-order valence-corrected chi connectivity index (χ3v) is 6.01. The fourth-order valence-electron chi connectivity index (χ4n) is 3.98. The first-order chi connectivity index (χ1) is 20.7. The van der Waals surface area contributed by atoms with Gasteiger partial charge in [0, 0.05) is 17.2 Å². The van der Waals surface area contributed by atoms with E-state index in [1.54, 1.807) is 6.08 Å². The molecule has 0 aliphatic rings. The highest BCUT2D eigenvalue weighted by Gasteiger charge is 2.38. The Morgan fingerprint density at radius 2 is 1.39 bits per heavy atom. The van der Waals surface area contributed by atoms with E-state index in [-0.39, 0.29) is 16.7 Å². The van der Waals surface area contributed by atoms with Gasteiger partial charge in [0.2, 0.25) is 5.75 Å². The second kappa shape index (κ2) is 12.8. The highest BCUT2D eigenvalue weighted by atomic mass is 19.4. The Morgan fingerprint density at radius 1 is 0.682 bits per heavy atom. The van der Waals surface area contributed by atoms with Gasteiger partial charge in [-0.25, -0.2) is 22.0 Å². The number of benzene rings is 4. The van der Waals surface area contributed by atoms with Crippen molar-refractivity contribution in [3.05, 3.63) is 131 Å². The van der Waals surface area contributed by atoms with Gasteiger partial charge in [-0.05, 0) is 72.5 Å². The quantitative estimate of drug-likeness (QED) is 0.110. The molecule has 0 atom stereocenters. The summed E-state index contributed by atoms with van der Waals surface area (Å²) in [6.07, 6.45) is -6.99. The van der Waals surface area contributed by atoms with E-state index in [9.17, 15) is 43.9 Å². The molecular formula is C32H18F10O2. The van der Waals surface area contributed by atoms with Crippen LogP contribution < -0.4 is 9.47 Å². The molecule has 0 unspecified atom stereocenters. The molecule has 0 saturated heterocycles. The summed E-state index contributed by atoms with van der Waals surface area (Å²) >= 11 is 0. The van der Waals surface area contributed by atoms with Crippen molar-refractivity contribution in [2.24, 2.45) is 0 Å². The molecule has 2 nitrogen and oxygen atoms in total. The monoisotopic (exact) mass is 624 g/mol. The number of alkyl halides is 5. The summed E-state index contributed by atoms with van der Waals surface area (Å²) in [4.78, 5) is 0. The fourth-order valence-corrected chi connectivity index (χ4v) is 3.98. The summed E-state index contributed by atoms with van der Waals surface area (Å²) in [6, 6.07) is 9.82. The Hall–Kier alpha value is -4.92. The molecule has 44 heavy (non-hydrogen) atoms. The highest BCUT2D eigenvalue weighted by Crippen LogP contribution is 2.36. The Labute approximate surface area is 244 Å². The van der Waals surface area contributed by atoms with Crippen LogP contribution in [0.25, 0.3) is 11.1 Å². The second-order valence-electron chi connectivity index (χ2n) is 9.16. The van der Waals surface area contributed by atoms with Gasteiger partial charge in [0.05, 0.1) is 11.1 Å². The zero-order valence-corrected chi connectivity index (χ0v) is 22.1. The van der Waals surface area contributed by atoms with E-state index in [1.165, 1.54) is 12.1 Å². The Morgan fingerprint density at radius 3 is 1.98 bits per heavy atom. The van der Waals surface area contributed by atoms with Crippen LogP contribution in [0, 0.1) is 40.9 Å². The summed E-state index contributed by atoms with van der Waals surface area (Å²) in [5, 5.41) is 0. The average Bonchev–Trinajstić information content (AvgIpc) is 2.92. The lowest BCUT2D eigenvalue weighted by Gasteiger charge is -2.19. The molecule has 4 aromatic carbocycles. The van der Waals surface area contributed by atoms with Gasteiger partial charge in [-0.15, -0.1) is 19.8 Å².